The van der Waals surface area contributed by atoms with Gasteiger partial charge in [-0.05, 0) is 37.0 Å². The van der Waals surface area contributed by atoms with Crippen molar-refractivity contribution in [2.24, 2.45) is 0 Å². The van der Waals surface area contributed by atoms with E-state index in [1.165, 1.54) is 12.1 Å². The normalized spacial score (nSPS) is 22.4. The van der Waals surface area contributed by atoms with Crippen molar-refractivity contribution in [2.75, 3.05) is 13.1 Å². The highest BCUT2D eigenvalue weighted by molar-refractivity contribution is 5.89. The maximum absolute atomic E-state index is 13.6. The topological polar surface area (TPSA) is 69.0 Å². The van der Waals surface area contributed by atoms with E-state index in [9.17, 15) is 14.0 Å². The number of likely N-dealkylation sites (tertiary alicyclic amines) is 1. The Labute approximate surface area is 138 Å². The van der Waals surface area contributed by atoms with Gasteiger partial charge in [0.25, 0.3) is 5.56 Å². The molecule has 2 heterocycles. The van der Waals surface area contributed by atoms with Gasteiger partial charge in [0.2, 0.25) is 5.91 Å². The smallest absolute Gasteiger partial charge is 0.264 e. The molecule has 2 aliphatic rings. The molecule has 1 saturated heterocycles. The van der Waals surface area contributed by atoms with Gasteiger partial charge in [-0.2, -0.15) is 0 Å². The fourth-order valence-electron chi connectivity index (χ4n) is 4.01. The molecule has 1 atom stereocenters. The SMILES string of the molecule is O=C(N1CCC(c2cc(=O)[nH][nH]2)C1)C1(c2cccc(F)c2)CCC1. The van der Waals surface area contributed by atoms with Crippen LogP contribution >= 0.6 is 0 Å². The second-order valence-corrected chi connectivity index (χ2v) is 6.90. The van der Waals surface area contributed by atoms with Crippen LogP contribution in [0, 0.1) is 5.82 Å². The second-order valence-electron chi connectivity index (χ2n) is 6.90. The van der Waals surface area contributed by atoms with Crippen LogP contribution in [0.25, 0.3) is 0 Å². The summed E-state index contributed by atoms with van der Waals surface area (Å²) >= 11 is 0. The minimum atomic E-state index is -0.567. The number of rotatable bonds is 3. The molecule has 4 rings (SSSR count). The number of halogens is 1. The Morgan fingerprint density at radius 2 is 2.08 bits per heavy atom. The highest BCUT2D eigenvalue weighted by Gasteiger charge is 2.49. The third-order valence-corrected chi connectivity index (χ3v) is 5.53. The summed E-state index contributed by atoms with van der Waals surface area (Å²) in [7, 11) is 0. The van der Waals surface area contributed by atoms with Crippen molar-refractivity contribution in [1.82, 2.24) is 15.1 Å². The molecule has 1 aromatic carbocycles. The van der Waals surface area contributed by atoms with Gasteiger partial charge in [0.05, 0.1) is 5.41 Å². The van der Waals surface area contributed by atoms with E-state index in [0.29, 0.717) is 13.1 Å². The van der Waals surface area contributed by atoms with Crippen LogP contribution in [0.3, 0.4) is 0 Å². The highest BCUT2D eigenvalue weighted by atomic mass is 19.1. The zero-order valence-corrected chi connectivity index (χ0v) is 13.3. The Hall–Kier alpha value is -2.37. The number of aromatic amines is 2. The predicted octanol–water partition coefficient (Wildman–Crippen LogP) is 2.28. The first kappa shape index (κ1) is 15.2. The van der Waals surface area contributed by atoms with E-state index >= 15 is 0 Å². The van der Waals surface area contributed by atoms with E-state index in [4.69, 9.17) is 0 Å². The van der Waals surface area contributed by atoms with E-state index in [1.807, 2.05) is 11.0 Å². The number of hydrogen-bond acceptors (Lipinski definition) is 2. The molecule has 126 valence electrons. The van der Waals surface area contributed by atoms with Gasteiger partial charge in [-0.3, -0.25) is 14.7 Å². The molecule has 1 aromatic heterocycles. The molecule has 0 spiro atoms. The summed E-state index contributed by atoms with van der Waals surface area (Å²) in [5.74, 6) is -0.0481. The first-order valence-corrected chi connectivity index (χ1v) is 8.41. The molecule has 1 aliphatic heterocycles. The standard InChI is InChI=1S/C18H20FN3O2/c19-14-4-1-3-13(9-14)18(6-2-7-18)17(24)22-8-5-12(11-22)15-10-16(23)21-20-15/h1,3-4,9-10,12H,2,5-8,11H2,(H2,20,21,23). The van der Waals surface area contributed by atoms with Crippen molar-refractivity contribution < 1.29 is 9.18 Å². The van der Waals surface area contributed by atoms with Crippen LogP contribution in [0.15, 0.2) is 35.1 Å². The summed E-state index contributed by atoms with van der Waals surface area (Å²) in [6.45, 7) is 1.28. The van der Waals surface area contributed by atoms with Gasteiger partial charge in [-0.15, -0.1) is 0 Å². The van der Waals surface area contributed by atoms with Crippen LogP contribution in [0.4, 0.5) is 4.39 Å². The summed E-state index contributed by atoms with van der Waals surface area (Å²) in [5.41, 5.74) is 0.925. The lowest BCUT2D eigenvalue weighted by molar-refractivity contribution is -0.139. The molecule has 2 N–H and O–H groups in total. The third-order valence-electron chi connectivity index (χ3n) is 5.53. The Bertz CT molecular complexity index is 821. The van der Waals surface area contributed by atoms with Crippen molar-refractivity contribution >= 4 is 5.91 Å². The Kier molecular flexibility index (Phi) is 3.55. The number of nitrogens with zero attached hydrogens (tertiary/aromatic N) is 1. The van der Waals surface area contributed by atoms with E-state index in [0.717, 1.165) is 36.9 Å². The molecule has 2 aromatic rings. The molecule has 0 radical (unpaired) electrons. The minimum Gasteiger partial charge on any atom is -0.341 e. The molecular formula is C18H20FN3O2. The first-order chi connectivity index (χ1) is 11.6. The average molecular weight is 329 g/mol. The maximum atomic E-state index is 13.6. The van der Waals surface area contributed by atoms with Crippen LogP contribution in [-0.2, 0) is 10.2 Å². The van der Waals surface area contributed by atoms with E-state index < -0.39 is 5.41 Å². The maximum Gasteiger partial charge on any atom is 0.264 e. The third kappa shape index (κ3) is 2.37. The van der Waals surface area contributed by atoms with Crippen LogP contribution in [0.1, 0.15) is 42.9 Å². The van der Waals surface area contributed by atoms with Crippen LogP contribution in [-0.4, -0.2) is 34.1 Å². The molecule has 0 bridgehead atoms. The van der Waals surface area contributed by atoms with Gasteiger partial charge in [0.1, 0.15) is 5.82 Å². The molecule has 1 amide bonds. The Balaban J connectivity index is 1.56. The van der Waals surface area contributed by atoms with Crippen molar-refractivity contribution in [1.29, 1.82) is 0 Å². The molecule has 5 nitrogen and oxygen atoms in total. The number of amides is 1. The van der Waals surface area contributed by atoms with Crippen molar-refractivity contribution in [3.8, 4) is 0 Å². The first-order valence-electron chi connectivity index (χ1n) is 8.41. The summed E-state index contributed by atoms with van der Waals surface area (Å²) in [5, 5.41) is 5.44. The van der Waals surface area contributed by atoms with Crippen molar-refractivity contribution in [3.63, 3.8) is 0 Å². The molecular weight excluding hydrogens is 309 g/mol. The number of H-pyrrole nitrogens is 2. The zero-order chi connectivity index (χ0) is 16.7. The Morgan fingerprint density at radius 3 is 2.71 bits per heavy atom. The number of aromatic nitrogens is 2. The molecule has 2 fully saturated rings. The number of carbonyl (C=O) groups is 1. The molecule has 1 unspecified atom stereocenters. The number of nitrogens with one attached hydrogen (secondary N) is 2. The number of benzene rings is 1. The largest absolute Gasteiger partial charge is 0.341 e. The van der Waals surface area contributed by atoms with E-state index in [-0.39, 0.29) is 23.2 Å². The zero-order valence-electron chi connectivity index (χ0n) is 13.3. The molecule has 1 aliphatic carbocycles. The van der Waals surface area contributed by atoms with Gasteiger partial charge < -0.3 is 10.00 Å². The number of carbonyl (C=O) groups excluding carboxylic acids is 1. The summed E-state index contributed by atoms with van der Waals surface area (Å²) in [6, 6.07) is 8.00. The quantitative estimate of drug-likeness (QED) is 0.907. The van der Waals surface area contributed by atoms with Gasteiger partial charge in [0, 0.05) is 30.8 Å². The van der Waals surface area contributed by atoms with Crippen LogP contribution in [0.5, 0.6) is 0 Å². The second kappa shape index (κ2) is 5.61. The Morgan fingerprint density at radius 1 is 1.25 bits per heavy atom. The molecule has 1 saturated carbocycles. The fraction of sp³-hybridized carbons (Fsp3) is 0.444. The monoisotopic (exact) mass is 329 g/mol. The van der Waals surface area contributed by atoms with E-state index in [2.05, 4.69) is 10.2 Å². The van der Waals surface area contributed by atoms with Gasteiger partial charge in [-0.1, -0.05) is 18.6 Å². The highest BCUT2D eigenvalue weighted by Crippen LogP contribution is 2.46. The van der Waals surface area contributed by atoms with Gasteiger partial charge in [0.15, 0.2) is 0 Å². The summed E-state index contributed by atoms with van der Waals surface area (Å²) in [4.78, 5) is 26.3. The predicted molar refractivity (Wildman–Crippen MR) is 87.3 cm³/mol. The lowest BCUT2D eigenvalue weighted by Gasteiger charge is -2.43. The van der Waals surface area contributed by atoms with Gasteiger partial charge >= 0.3 is 0 Å². The van der Waals surface area contributed by atoms with Gasteiger partial charge in [-0.25, -0.2) is 4.39 Å². The van der Waals surface area contributed by atoms with Crippen LogP contribution in [0.2, 0.25) is 0 Å². The number of hydrogen-bond donors (Lipinski definition) is 2. The average Bonchev–Trinajstić information content (AvgIpc) is 3.15. The van der Waals surface area contributed by atoms with Crippen molar-refractivity contribution in [3.05, 3.63) is 57.8 Å². The lowest BCUT2D eigenvalue weighted by atomic mass is 9.63. The summed E-state index contributed by atoms with van der Waals surface area (Å²) in [6.07, 6.45) is 3.37. The summed E-state index contributed by atoms with van der Waals surface area (Å²) < 4.78 is 13.6. The van der Waals surface area contributed by atoms with Crippen molar-refractivity contribution in [2.45, 2.75) is 37.0 Å². The van der Waals surface area contributed by atoms with Crippen LogP contribution < -0.4 is 5.56 Å². The minimum absolute atomic E-state index is 0.0970. The fourth-order valence-corrected chi connectivity index (χ4v) is 4.01. The lowest BCUT2D eigenvalue weighted by Crippen LogP contribution is -2.50. The molecule has 6 heteroatoms. The molecule has 24 heavy (non-hydrogen) atoms. The van der Waals surface area contributed by atoms with E-state index in [1.54, 1.807) is 12.1 Å².